The summed E-state index contributed by atoms with van der Waals surface area (Å²) in [6.45, 7) is 0.556. The van der Waals surface area contributed by atoms with E-state index in [0.717, 1.165) is 11.1 Å². The zero-order valence-electron chi connectivity index (χ0n) is 16.0. The highest BCUT2D eigenvalue weighted by Gasteiger charge is 2.19. The van der Waals surface area contributed by atoms with Crippen molar-refractivity contribution < 1.29 is 26.5 Å². The van der Waals surface area contributed by atoms with Crippen molar-refractivity contribution in [2.24, 2.45) is 0 Å². The molecule has 0 aliphatic rings. The Hall–Kier alpha value is -2.78. The number of nitrogens with zero attached hydrogens (tertiary/aromatic N) is 1. The Morgan fingerprint density at radius 1 is 1.14 bits per heavy atom. The molecule has 9 heteroatoms. The molecule has 0 spiro atoms. The maximum Gasteiger partial charge on any atom is 0.306 e. The molecule has 0 radical (unpaired) electrons. The third-order valence-corrected chi connectivity index (χ3v) is 5.39. The summed E-state index contributed by atoms with van der Waals surface area (Å²) < 4.78 is 38.7. The number of furan rings is 1. The first-order valence-electron chi connectivity index (χ1n) is 8.73. The molecule has 7 nitrogen and oxygen atoms in total. The minimum Gasteiger partial charge on any atom is -0.493 e. The summed E-state index contributed by atoms with van der Waals surface area (Å²) in [6, 6.07) is 12.3. The smallest absolute Gasteiger partial charge is 0.306 e. The molecule has 154 valence electrons. The van der Waals surface area contributed by atoms with Gasteiger partial charge in [-0.3, -0.25) is 4.79 Å². The molecule has 0 fully saturated rings. The third-order valence-electron chi connectivity index (χ3n) is 4.03. The lowest BCUT2D eigenvalue weighted by Gasteiger charge is -2.22. The highest BCUT2D eigenvalue weighted by atomic mass is 32.2. The second-order valence-electron chi connectivity index (χ2n) is 6.36. The van der Waals surface area contributed by atoms with Crippen LogP contribution in [-0.2, 0) is 34.4 Å². The van der Waals surface area contributed by atoms with E-state index in [-0.39, 0.29) is 24.6 Å². The Morgan fingerprint density at radius 3 is 2.59 bits per heavy atom. The summed E-state index contributed by atoms with van der Waals surface area (Å²) in [5, 5.41) is 1.93. The Bertz CT molecular complexity index is 1040. The van der Waals surface area contributed by atoms with Crippen LogP contribution in [0, 0.1) is 0 Å². The van der Waals surface area contributed by atoms with Gasteiger partial charge in [-0.1, -0.05) is 12.1 Å². The quantitative estimate of drug-likeness (QED) is 0.479. The zero-order valence-corrected chi connectivity index (χ0v) is 17.7. The number of carbonyl (C=O) groups excluding carboxylic acids is 1. The van der Waals surface area contributed by atoms with Gasteiger partial charge in [0, 0.05) is 11.4 Å². The summed E-state index contributed by atoms with van der Waals surface area (Å²) in [6.07, 6.45) is 2.80. The minimum absolute atomic E-state index is 0.0646. The topological polar surface area (TPSA) is 86.0 Å². The molecule has 0 bridgehead atoms. The molecule has 0 N–H and O–H groups in total. The van der Waals surface area contributed by atoms with Crippen LogP contribution in [0.3, 0.4) is 0 Å². The van der Waals surface area contributed by atoms with Gasteiger partial charge in [0.15, 0.2) is 11.5 Å². The van der Waals surface area contributed by atoms with Crippen molar-refractivity contribution in [3.63, 3.8) is 0 Å². The molecule has 3 aromatic rings. The minimum atomic E-state index is -3.72. The molecular weight excluding hydrogens is 414 g/mol. The van der Waals surface area contributed by atoms with Crippen molar-refractivity contribution in [1.29, 1.82) is 0 Å². The third kappa shape index (κ3) is 6.10. The highest BCUT2D eigenvalue weighted by Crippen LogP contribution is 2.30. The predicted molar refractivity (Wildman–Crippen MR) is 109 cm³/mol. The number of benzene rings is 1. The van der Waals surface area contributed by atoms with Gasteiger partial charge >= 0.3 is 10.1 Å². The lowest BCUT2D eigenvalue weighted by atomic mass is 10.1. The molecular formula is C20H21NO6S2. The van der Waals surface area contributed by atoms with Gasteiger partial charge in [0.1, 0.15) is 5.76 Å². The summed E-state index contributed by atoms with van der Waals surface area (Å²) in [5.41, 5.74) is 0.704. The van der Waals surface area contributed by atoms with E-state index >= 15 is 0 Å². The molecule has 29 heavy (non-hydrogen) atoms. The van der Waals surface area contributed by atoms with Crippen LogP contribution in [0.5, 0.6) is 11.5 Å². The number of carbonyl (C=O) groups is 1. The first-order chi connectivity index (χ1) is 13.8. The molecule has 1 amide bonds. The van der Waals surface area contributed by atoms with Crippen LogP contribution in [0.2, 0.25) is 0 Å². The van der Waals surface area contributed by atoms with Crippen LogP contribution >= 0.6 is 11.3 Å². The van der Waals surface area contributed by atoms with Crippen LogP contribution in [0.15, 0.2) is 58.5 Å². The molecule has 0 saturated carbocycles. The van der Waals surface area contributed by atoms with E-state index in [0.29, 0.717) is 23.6 Å². The SMILES string of the molecule is COc1ccc(CN(Cc2ccco2)C(=O)Cc2cccs2)cc1OS(C)(=O)=O. The van der Waals surface area contributed by atoms with Crippen LogP contribution in [0.1, 0.15) is 16.2 Å². The van der Waals surface area contributed by atoms with Crippen molar-refractivity contribution in [2.75, 3.05) is 13.4 Å². The molecule has 0 aliphatic carbocycles. The Labute approximate surface area is 173 Å². The second kappa shape index (κ2) is 9.15. The standard InChI is InChI=1S/C20H21NO6S2/c1-25-18-8-7-15(11-19(18)27-29(2,23)24)13-21(14-16-5-3-9-26-16)20(22)12-17-6-4-10-28-17/h3-11H,12-14H2,1-2H3. The maximum atomic E-state index is 12.9. The van der Waals surface area contributed by atoms with Crippen LogP contribution < -0.4 is 8.92 Å². The second-order valence-corrected chi connectivity index (χ2v) is 8.97. The highest BCUT2D eigenvalue weighted by molar-refractivity contribution is 7.86. The van der Waals surface area contributed by atoms with Gasteiger partial charge in [-0.15, -0.1) is 11.3 Å². The van der Waals surface area contributed by atoms with Crippen molar-refractivity contribution >= 4 is 27.4 Å². The zero-order chi connectivity index (χ0) is 20.9. The van der Waals surface area contributed by atoms with E-state index in [2.05, 4.69) is 0 Å². The molecule has 2 aromatic heterocycles. The van der Waals surface area contributed by atoms with Crippen molar-refractivity contribution in [1.82, 2.24) is 4.90 Å². The van der Waals surface area contributed by atoms with Gasteiger partial charge in [-0.05, 0) is 41.3 Å². The van der Waals surface area contributed by atoms with E-state index in [9.17, 15) is 13.2 Å². The molecule has 0 unspecified atom stereocenters. The fraction of sp³-hybridized carbons (Fsp3) is 0.250. The van der Waals surface area contributed by atoms with Gasteiger partial charge in [-0.25, -0.2) is 0 Å². The number of methoxy groups -OCH3 is 1. The van der Waals surface area contributed by atoms with Gasteiger partial charge in [0.05, 0.1) is 32.6 Å². The summed E-state index contributed by atoms with van der Waals surface area (Å²) >= 11 is 1.52. The maximum absolute atomic E-state index is 12.9. The molecule has 0 atom stereocenters. The average Bonchev–Trinajstić information content (AvgIpc) is 3.34. The van der Waals surface area contributed by atoms with Crippen LogP contribution in [-0.4, -0.2) is 32.6 Å². The van der Waals surface area contributed by atoms with Gasteiger partial charge in [0.25, 0.3) is 0 Å². The van der Waals surface area contributed by atoms with Crippen molar-refractivity contribution in [3.05, 3.63) is 70.3 Å². The average molecular weight is 436 g/mol. The fourth-order valence-electron chi connectivity index (χ4n) is 2.76. The number of amides is 1. The van der Waals surface area contributed by atoms with E-state index < -0.39 is 10.1 Å². The summed E-state index contributed by atoms with van der Waals surface area (Å²) in [7, 11) is -2.29. The lowest BCUT2D eigenvalue weighted by Crippen LogP contribution is -2.31. The summed E-state index contributed by atoms with van der Waals surface area (Å²) in [4.78, 5) is 15.5. The largest absolute Gasteiger partial charge is 0.493 e. The van der Waals surface area contributed by atoms with Crippen molar-refractivity contribution in [2.45, 2.75) is 19.5 Å². The van der Waals surface area contributed by atoms with E-state index in [1.54, 1.807) is 41.5 Å². The number of ether oxygens (including phenoxy) is 1. The summed E-state index contributed by atoms with van der Waals surface area (Å²) in [5.74, 6) is 0.966. The lowest BCUT2D eigenvalue weighted by molar-refractivity contribution is -0.131. The van der Waals surface area contributed by atoms with Gasteiger partial charge in [0.2, 0.25) is 5.91 Å². The molecule has 0 aliphatic heterocycles. The monoisotopic (exact) mass is 435 g/mol. The molecule has 0 saturated heterocycles. The first kappa shape index (κ1) is 20.9. The molecule has 3 rings (SSSR count). The number of hydrogen-bond donors (Lipinski definition) is 0. The Morgan fingerprint density at radius 2 is 1.97 bits per heavy atom. The van der Waals surface area contributed by atoms with E-state index in [4.69, 9.17) is 13.3 Å². The predicted octanol–water partition coefficient (Wildman–Crippen LogP) is 3.46. The van der Waals surface area contributed by atoms with Crippen LogP contribution in [0.25, 0.3) is 0 Å². The first-order valence-corrected chi connectivity index (χ1v) is 11.4. The molecule has 1 aromatic carbocycles. The van der Waals surface area contributed by atoms with E-state index in [1.807, 2.05) is 17.5 Å². The number of rotatable bonds is 9. The normalized spacial score (nSPS) is 11.2. The number of thiophene rings is 1. The van der Waals surface area contributed by atoms with Gasteiger partial charge in [-0.2, -0.15) is 8.42 Å². The fourth-order valence-corrected chi connectivity index (χ4v) is 3.92. The van der Waals surface area contributed by atoms with Gasteiger partial charge < -0.3 is 18.2 Å². The van der Waals surface area contributed by atoms with Crippen LogP contribution in [0.4, 0.5) is 0 Å². The van der Waals surface area contributed by atoms with Crippen molar-refractivity contribution in [3.8, 4) is 11.5 Å². The molecule has 2 heterocycles. The Balaban J connectivity index is 1.84. The number of hydrogen-bond acceptors (Lipinski definition) is 7. The Kier molecular flexibility index (Phi) is 6.60. The van der Waals surface area contributed by atoms with E-state index in [1.165, 1.54) is 18.4 Å².